The molecule has 8 aromatic carbocycles. The van der Waals surface area contributed by atoms with Gasteiger partial charge in [-0.05, 0) is 62.6 Å². The normalized spacial score (nSPS) is 12.4. The lowest BCUT2D eigenvalue weighted by molar-refractivity contribution is 0.671. The lowest BCUT2D eigenvalue weighted by Crippen LogP contribution is -1.95. The molecule has 0 amide bonds. The fourth-order valence-corrected chi connectivity index (χ4v) is 9.18. The fourth-order valence-electron chi connectivity index (χ4n) is 7.92. The number of aromatic nitrogens is 1. The maximum atomic E-state index is 6.86. The van der Waals surface area contributed by atoms with E-state index >= 15 is 0 Å². The van der Waals surface area contributed by atoms with E-state index in [4.69, 9.17) is 4.42 Å². The highest BCUT2D eigenvalue weighted by Crippen LogP contribution is 2.50. The van der Waals surface area contributed by atoms with Crippen LogP contribution in [-0.2, 0) is 0 Å². The summed E-state index contributed by atoms with van der Waals surface area (Å²) in [4.78, 5) is 0. The van der Waals surface area contributed by atoms with Gasteiger partial charge in [-0.1, -0.05) is 109 Å². The lowest BCUT2D eigenvalue weighted by Gasteiger charge is -2.14. The number of rotatable bonds is 1. The Morgan fingerprint density at radius 1 is 0.444 bits per heavy atom. The highest BCUT2D eigenvalue weighted by atomic mass is 32.1. The molecule has 11 rings (SSSR count). The van der Waals surface area contributed by atoms with Gasteiger partial charge in [0.25, 0.3) is 0 Å². The second kappa shape index (κ2) is 8.50. The van der Waals surface area contributed by atoms with Crippen LogP contribution in [0, 0.1) is 0 Å². The Balaban J connectivity index is 1.40. The third kappa shape index (κ3) is 2.98. The van der Waals surface area contributed by atoms with E-state index in [1.54, 1.807) is 0 Å². The van der Waals surface area contributed by atoms with Crippen LogP contribution in [0.1, 0.15) is 0 Å². The van der Waals surface area contributed by atoms with Crippen LogP contribution in [0.2, 0.25) is 0 Å². The molecule has 3 heterocycles. The molecule has 11 aromatic rings. The number of nitrogens with zero attached hydrogens (tertiary/aromatic N) is 1. The van der Waals surface area contributed by atoms with Crippen molar-refractivity contribution in [2.75, 3.05) is 0 Å². The van der Waals surface area contributed by atoms with E-state index < -0.39 is 0 Å². The van der Waals surface area contributed by atoms with Crippen LogP contribution in [0.4, 0.5) is 0 Å². The first kappa shape index (κ1) is 23.8. The number of para-hydroxylation sites is 2. The molecule has 208 valence electrons. The summed E-state index contributed by atoms with van der Waals surface area (Å²) in [6, 6.07) is 50.8. The zero-order valence-corrected chi connectivity index (χ0v) is 24.9. The first-order chi connectivity index (χ1) is 22.3. The van der Waals surface area contributed by atoms with Crippen LogP contribution in [0.15, 0.2) is 144 Å². The Hall–Kier alpha value is -5.64. The molecule has 0 spiro atoms. The van der Waals surface area contributed by atoms with E-state index in [1.165, 1.54) is 79.6 Å². The van der Waals surface area contributed by atoms with Gasteiger partial charge in [-0.15, -0.1) is 11.3 Å². The van der Waals surface area contributed by atoms with Gasteiger partial charge in [0.15, 0.2) is 5.58 Å². The predicted molar refractivity (Wildman–Crippen MR) is 193 cm³/mol. The van der Waals surface area contributed by atoms with Crippen LogP contribution in [0.25, 0.3) is 102 Å². The van der Waals surface area contributed by atoms with Crippen molar-refractivity contribution >= 4 is 108 Å². The zero-order valence-electron chi connectivity index (χ0n) is 24.0. The molecule has 0 fully saturated rings. The zero-order chi connectivity index (χ0) is 29.2. The van der Waals surface area contributed by atoms with Crippen molar-refractivity contribution in [2.24, 2.45) is 0 Å². The van der Waals surface area contributed by atoms with Gasteiger partial charge in [0.1, 0.15) is 5.58 Å². The van der Waals surface area contributed by atoms with Crippen molar-refractivity contribution in [1.29, 1.82) is 0 Å². The van der Waals surface area contributed by atoms with Crippen LogP contribution >= 0.6 is 11.3 Å². The number of hydrogen-bond donors (Lipinski definition) is 0. The average molecular weight is 590 g/mol. The van der Waals surface area contributed by atoms with E-state index in [0.717, 1.165) is 22.4 Å². The Morgan fingerprint density at radius 3 is 1.78 bits per heavy atom. The van der Waals surface area contributed by atoms with Crippen LogP contribution in [0.5, 0.6) is 0 Å². The van der Waals surface area contributed by atoms with Gasteiger partial charge in [-0.25, -0.2) is 0 Å². The smallest absolute Gasteiger partial charge is 0.161 e. The fraction of sp³-hybridized carbons (Fsp3) is 0. The minimum absolute atomic E-state index is 0.923. The van der Waals surface area contributed by atoms with Crippen molar-refractivity contribution in [2.45, 2.75) is 0 Å². The van der Waals surface area contributed by atoms with E-state index in [-0.39, 0.29) is 0 Å². The summed E-state index contributed by atoms with van der Waals surface area (Å²) in [6.45, 7) is 0. The van der Waals surface area contributed by atoms with Gasteiger partial charge in [0.05, 0.1) is 11.0 Å². The lowest BCUT2D eigenvalue weighted by atomic mass is 9.94. The third-order valence-electron chi connectivity index (χ3n) is 9.74. The number of hydrogen-bond acceptors (Lipinski definition) is 2. The molecule has 45 heavy (non-hydrogen) atoms. The number of furan rings is 1. The molecule has 0 saturated carbocycles. The molecule has 2 nitrogen and oxygen atoms in total. The summed E-state index contributed by atoms with van der Waals surface area (Å²) < 4.78 is 11.9. The number of thiophene rings is 1. The van der Waals surface area contributed by atoms with Gasteiger partial charge >= 0.3 is 0 Å². The van der Waals surface area contributed by atoms with Crippen molar-refractivity contribution in [3.8, 4) is 5.69 Å². The monoisotopic (exact) mass is 589 g/mol. The molecule has 0 saturated heterocycles. The Morgan fingerprint density at radius 2 is 1.02 bits per heavy atom. The molecular weight excluding hydrogens is 567 g/mol. The average Bonchev–Trinajstić information content (AvgIpc) is 3.78. The van der Waals surface area contributed by atoms with Gasteiger partial charge in [-0.2, -0.15) is 0 Å². The number of benzene rings is 8. The SMILES string of the molecule is c1ccc2c(c1)oc1c2c2sc3ccccc3c2c2c3ccccc3n(-c3ccc4c5ccccc5c5ccccc5c4c3)c12. The highest BCUT2D eigenvalue weighted by molar-refractivity contribution is 7.27. The molecule has 3 heteroatoms. The molecule has 0 atom stereocenters. The molecule has 0 aliphatic heterocycles. The van der Waals surface area contributed by atoms with Crippen molar-refractivity contribution in [1.82, 2.24) is 4.57 Å². The van der Waals surface area contributed by atoms with Gasteiger partial charge < -0.3 is 8.98 Å². The highest BCUT2D eigenvalue weighted by Gasteiger charge is 2.25. The van der Waals surface area contributed by atoms with Crippen molar-refractivity contribution < 1.29 is 4.42 Å². The molecule has 0 unspecified atom stereocenters. The quantitative estimate of drug-likeness (QED) is 0.174. The maximum Gasteiger partial charge on any atom is 0.161 e. The topological polar surface area (TPSA) is 18.1 Å². The summed E-state index contributed by atoms with van der Waals surface area (Å²) in [6.07, 6.45) is 0. The predicted octanol–water partition coefficient (Wildman–Crippen LogP) is 12.5. The summed E-state index contributed by atoms with van der Waals surface area (Å²) >= 11 is 1.87. The Bertz CT molecular complexity index is 3010. The summed E-state index contributed by atoms with van der Waals surface area (Å²) in [5.74, 6) is 0. The third-order valence-corrected chi connectivity index (χ3v) is 10.9. The van der Waals surface area contributed by atoms with E-state index in [1.807, 2.05) is 11.3 Å². The van der Waals surface area contributed by atoms with E-state index in [0.29, 0.717) is 0 Å². The summed E-state index contributed by atoms with van der Waals surface area (Å²) in [5, 5.41) is 15.1. The van der Waals surface area contributed by atoms with E-state index in [9.17, 15) is 0 Å². The van der Waals surface area contributed by atoms with Gasteiger partial charge in [-0.3, -0.25) is 0 Å². The molecule has 0 aliphatic carbocycles. The molecule has 0 aliphatic rings. The second-order valence-corrected chi connectivity index (χ2v) is 13.1. The van der Waals surface area contributed by atoms with Crippen LogP contribution < -0.4 is 0 Å². The summed E-state index contributed by atoms with van der Waals surface area (Å²) in [7, 11) is 0. The first-order valence-corrected chi connectivity index (χ1v) is 16.2. The minimum Gasteiger partial charge on any atom is -0.454 e. The standard InChI is InChI=1S/C42H23NOS/c1-2-13-27-25(11-1)26-12-3-4-14-28(26)33-23-24(21-22-29(27)33)43-34-18-8-5-15-30(34)37-38-32-17-7-10-20-36(32)45-42(38)39-31-16-6-9-19-35(31)44-41(39)40(37)43/h1-23H. The van der Waals surface area contributed by atoms with E-state index in [2.05, 4.69) is 144 Å². The molecule has 0 radical (unpaired) electrons. The maximum absolute atomic E-state index is 6.86. The number of fused-ring (bicyclic) bond motifs is 18. The second-order valence-electron chi connectivity index (χ2n) is 12.0. The molecule has 0 N–H and O–H groups in total. The molecule has 0 bridgehead atoms. The minimum atomic E-state index is 0.923. The van der Waals surface area contributed by atoms with Crippen LogP contribution in [0.3, 0.4) is 0 Å². The Labute approximate surface area is 260 Å². The molecule has 3 aromatic heterocycles. The molecular formula is C42H23NOS. The largest absolute Gasteiger partial charge is 0.454 e. The Kier molecular flexibility index (Phi) is 4.49. The first-order valence-electron chi connectivity index (χ1n) is 15.4. The van der Waals surface area contributed by atoms with Crippen molar-refractivity contribution in [3.63, 3.8) is 0 Å². The van der Waals surface area contributed by atoms with Gasteiger partial charge in [0, 0.05) is 47.4 Å². The van der Waals surface area contributed by atoms with Crippen molar-refractivity contribution in [3.05, 3.63) is 140 Å². The summed E-state index contributed by atoms with van der Waals surface area (Å²) in [5.41, 5.74) is 5.32. The van der Waals surface area contributed by atoms with Gasteiger partial charge in [0.2, 0.25) is 0 Å². The van der Waals surface area contributed by atoms with Crippen LogP contribution in [-0.4, -0.2) is 4.57 Å².